The Balaban J connectivity index is 0.00000288. The van der Waals surface area contributed by atoms with E-state index in [0.29, 0.717) is 32.7 Å². The molecule has 0 radical (unpaired) electrons. The lowest BCUT2D eigenvalue weighted by molar-refractivity contribution is -0.128. The number of nitrogens with zero attached hydrogens (tertiary/aromatic N) is 2. The van der Waals surface area contributed by atoms with Gasteiger partial charge in [0.2, 0.25) is 5.91 Å². The van der Waals surface area contributed by atoms with Crippen LogP contribution in [0.5, 0.6) is 0 Å². The van der Waals surface area contributed by atoms with E-state index in [2.05, 4.69) is 27.8 Å². The molecule has 2 N–H and O–H groups in total. The van der Waals surface area contributed by atoms with Crippen LogP contribution in [0.15, 0.2) is 29.3 Å². The minimum atomic E-state index is 0. The summed E-state index contributed by atoms with van der Waals surface area (Å²) < 4.78 is 5.02. The predicted molar refractivity (Wildman–Crippen MR) is 107 cm³/mol. The van der Waals surface area contributed by atoms with Gasteiger partial charge in [0.15, 0.2) is 5.96 Å². The lowest BCUT2D eigenvalue weighted by Gasteiger charge is -2.19. The molecule has 1 aliphatic rings. The smallest absolute Gasteiger partial charge is 0.222 e. The van der Waals surface area contributed by atoms with Gasteiger partial charge in [0.25, 0.3) is 0 Å². The van der Waals surface area contributed by atoms with Crippen LogP contribution in [-0.2, 0) is 22.6 Å². The molecule has 0 aliphatic carbocycles. The second kappa shape index (κ2) is 11.2. The van der Waals surface area contributed by atoms with Crippen molar-refractivity contribution in [2.45, 2.75) is 25.9 Å². The number of carbonyl (C=O) groups is 1. The first-order chi connectivity index (χ1) is 11.2. The quantitative estimate of drug-likeness (QED) is 0.290. The highest BCUT2D eigenvalue weighted by Crippen LogP contribution is 2.17. The van der Waals surface area contributed by atoms with Crippen LogP contribution >= 0.6 is 24.0 Å². The van der Waals surface area contributed by atoms with Crippen LogP contribution in [0.4, 0.5) is 0 Å². The monoisotopic (exact) mass is 446 g/mol. The van der Waals surface area contributed by atoms with Crippen LogP contribution in [0.25, 0.3) is 0 Å². The van der Waals surface area contributed by atoms with E-state index in [1.54, 1.807) is 14.2 Å². The SMILES string of the molecule is CN=C(NCCOC)NCc1ccccc1CN1CCCC1=O.I. The van der Waals surface area contributed by atoms with Gasteiger partial charge in [0.05, 0.1) is 6.61 Å². The zero-order chi connectivity index (χ0) is 16.5. The number of benzene rings is 1. The highest BCUT2D eigenvalue weighted by atomic mass is 127. The van der Waals surface area contributed by atoms with Crippen molar-refractivity contribution in [3.63, 3.8) is 0 Å². The second-order valence-corrected chi connectivity index (χ2v) is 5.53. The third-order valence-corrected chi connectivity index (χ3v) is 3.92. The summed E-state index contributed by atoms with van der Waals surface area (Å²) in [5.41, 5.74) is 2.37. The van der Waals surface area contributed by atoms with E-state index in [-0.39, 0.29) is 29.9 Å². The van der Waals surface area contributed by atoms with Gasteiger partial charge in [-0.2, -0.15) is 0 Å². The van der Waals surface area contributed by atoms with Gasteiger partial charge in [-0.15, -0.1) is 24.0 Å². The summed E-state index contributed by atoms with van der Waals surface area (Å²) >= 11 is 0. The van der Waals surface area contributed by atoms with Crippen molar-refractivity contribution in [1.82, 2.24) is 15.5 Å². The maximum Gasteiger partial charge on any atom is 0.222 e. The van der Waals surface area contributed by atoms with Crippen LogP contribution in [0.1, 0.15) is 24.0 Å². The number of methoxy groups -OCH3 is 1. The van der Waals surface area contributed by atoms with Gasteiger partial charge in [0.1, 0.15) is 0 Å². The van der Waals surface area contributed by atoms with Gasteiger partial charge in [-0.05, 0) is 17.5 Å². The molecule has 1 heterocycles. The van der Waals surface area contributed by atoms with Crippen LogP contribution in [0, 0.1) is 0 Å². The number of guanidine groups is 1. The minimum Gasteiger partial charge on any atom is -0.383 e. The molecule has 0 saturated carbocycles. The van der Waals surface area contributed by atoms with Crippen molar-refractivity contribution in [1.29, 1.82) is 0 Å². The number of rotatable bonds is 7. The first kappa shape index (κ1) is 20.7. The van der Waals surface area contributed by atoms with Crippen molar-refractivity contribution in [2.24, 2.45) is 4.99 Å². The Kier molecular flexibility index (Phi) is 9.70. The molecule has 1 aromatic carbocycles. The molecule has 1 aliphatic heterocycles. The number of hydrogen-bond acceptors (Lipinski definition) is 3. The minimum absolute atomic E-state index is 0. The van der Waals surface area contributed by atoms with Gasteiger partial charge in [-0.3, -0.25) is 9.79 Å². The fourth-order valence-electron chi connectivity index (χ4n) is 2.63. The van der Waals surface area contributed by atoms with Crippen LogP contribution < -0.4 is 10.6 Å². The summed E-state index contributed by atoms with van der Waals surface area (Å²) in [6.07, 6.45) is 1.64. The number of ether oxygens (including phenoxy) is 1. The zero-order valence-corrected chi connectivity index (χ0v) is 16.7. The molecule has 0 bridgehead atoms. The molecule has 2 rings (SSSR count). The first-order valence-corrected chi connectivity index (χ1v) is 8.02. The maximum atomic E-state index is 11.8. The lowest BCUT2D eigenvalue weighted by atomic mass is 10.1. The molecular weight excluding hydrogens is 419 g/mol. The summed E-state index contributed by atoms with van der Waals surface area (Å²) in [4.78, 5) is 17.9. The molecule has 6 nitrogen and oxygen atoms in total. The van der Waals surface area contributed by atoms with Gasteiger partial charge >= 0.3 is 0 Å². The van der Waals surface area contributed by atoms with Crippen molar-refractivity contribution in [2.75, 3.05) is 33.9 Å². The Labute approximate surface area is 161 Å². The Hall–Kier alpha value is -1.35. The third kappa shape index (κ3) is 6.27. The third-order valence-electron chi connectivity index (χ3n) is 3.92. The second-order valence-electron chi connectivity index (χ2n) is 5.53. The summed E-state index contributed by atoms with van der Waals surface area (Å²) in [7, 11) is 3.42. The molecule has 7 heteroatoms. The van der Waals surface area contributed by atoms with Crippen LogP contribution in [0.2, 0.25) is 0 Å². The zero-order valence-electron chi connectivity index (χ0n) is 14.4. The summed E-state index contributed by atoms with van der Waals surface area (Å²) in [6.45, 7) is 3.56. The topological polar surface area (TPSA) is 66.0 Å². The Morgan fingerprint density at radius 2 is 2.04 bits per heavy atom. The molecular formula is C17H27IN4O2. The number of nitrogens with one attached hydrogen (secondary N) is 2. The number of amides is 1. The highest BCUT2D eigenvalue weighted by Gasteiger charge is 2.20. The fraction of sp³-hybridized carbons (Fsp3) is 0.529. The number of likely N-dealkylation sites (tertiary alicyclic amines) is 1. The van der Waals surface area contributed by atoms with Crippen molar-refractivity contribution in [3.8, 4) is 0 Å². The van der Waals surface area contributed by atoms with E-state index in [9.17, 15) is 4.79 Å². The normalized spacial score (nSPS) is 14.5. The van der Waals surface area contributed by atoms with Crippen molar-refractivity contribution in [3.05, 3.63) is 35.4 Å². The molecule has 24 heavy (non-hydrogen) atoms. The van der Waals surface area contributed by atoms with Gasteiger partial charge < -0.3 is 20.3 Å². The number of aliphatic imine (C=N–C) groups is 1. The summed E-state index contributed by atoms with van der Waals surface area (Å²) in [5.74, 6) is 0.999. The van der Waals surface area contributed by atoms with Crippen molar-refractivity contribution < 1.29 is 9.53 Å². The lowest BCUT2D eigenvalue weighted by Crippen LogP contribution is -2.38. The molecule has 134 valence electrons. The van der Waals surface area contributed by atoms with Crippen molar-refractivity contribution >= 4 is 35.8 Å². The summed E-state index contributed by atoms with van der Waals surface area (Å²) in [5, 5.41) is 6.49. The van der Waals surface area contributed by atoms with Gasteiger partial charge in [-0.1, -0.05) is 24.3 Å². The Morgan fingerprint density at radius 1 is 1.29 bits per heavy atom. The molecule has 1 aromatic rings. The molecule has 1 fully saturated rings. The Morgan fingerprint density at radius 3 is 2.67 bits per heavy atom. The molecule has 0 spiro atoms. The number of halogens is 1. The standard InChI is InChI=1S/C17H26N4O2.HI/c1-18-17(19-9-11-23-2)20-12-14-6-3-4-7-15(14)13-21-10-5-8-16(21)22;/h3-4,6-7H,5,8-13H2,1-2H3,(H2,18,19,20);1H. The largest absolute Gasteiger partial charge is 0.383 e. The average Bonchev–Trinajstić information content (AvgIpc) is 2.97. The molecule has 1 amide bonds. The van der Waals surface area contributed by atoms with Crippen LogP contribution in [0.3, 0.4) is 0 Å². The number of carbonyl (C=O) groups excluding carboxylic acids is 1. The van der Waals surface area contributed by atoms with Crippen LogP contribution in [-0.4, -0.2) is 50.6 Å². The van der Waals surface area contributed by atoms with E-state index >= 15 is 0 Å². The van der Waals surface area contributed by atoms with E-state index in [0.717, 1.165) is 18.9 Å². The molecule has 1 saturated heterocycles. The van der Waals surface area contributed by atoms with Gasteiger partial charge in [0, 0.05) is 46.8 Å². The van der Waals surface area contributed by atoms with E-state index in [4.69, 9.17) is 4.74 Å². The predicted octanol–water partition coefficient (Wildman–Crippen LogP) is 1.74. The molecule has 0 aromatic heterocycles. The van der Waals surface area contributed by atoms with Gasteiger partial charge in [-0.25, -0.2) is 0 Å². The fourth-order valence-corrected chi connectivity index (χ4v) is 2.63. The first-order valence-electron chi connectivity index (χ1n) is 8.02. The summed E-state index contributed by atoms with van der Waals surface area (Å²) in [6, 6.07) is 8.22. The van der Waals surface area contributed by atoms with E-state index in [1.165, 1.54) is 11.1 Å². The molecule has 0 unspecified atom stereocenters. The molecule has 0 atom stereocenters. The maximum absolute atomic E-state index is 11.8. The highest BCUT2D eigenvalue weighted by molar-refractivity contribution is 14.0. The Bertz CT molecular complexity index is 551. The van der Waals surface area contributed by atoms with E-state index < -0.39 is 0 Å². The number of hydrogen-bond donors (Lipinski definition) is 2. The average molecular weight is 446 g/mol. The van der Waals surface area contributed by atoms with E-state index in [1.807, 2.05) is 17.0 Å².